The fraction of sp³-hybridized carbons (Fsp3) is 0.412. The molecule has 0 saturated heterocycles. The molecule has 3 atom stereocenters. The predicted molar refractivity (Wildman–Crippen MR) is 77.8 cm³/mol. The second-order valence-electron chi connectivity index (χ2n) is 5.97. The van der Waals surface area contributed by atoms with E-state index in [2.05, 4.69) is 18.0 Å². The van der Waals surface area contributed by atoms with E-state index in [1.54, 1.807) is 12.4 Å². The van der Waals surface area contributed by atoms with E-state index in [1.165, 1.54) is 0 Å². The van der Waals surface area contributed by atoms with Gasteiger partial charge in [0.05, 0.1) is 17.6 Å². The van der Waals surface area contributed by atoms with Gasteiger partial charge >= 0.3 is 0 Å². The van der Waals surface area contributed by atoms with Gasteiger partial charge in [0.2, 0.25) is 0 Å². The highest BCUT2D eigenvalue weighted by molar-refractivity contribution is 5.85. The van der Waals surface area contributed by atoms with Crippen molar-refractivity contribution in [3.05, 3.63) is 42.2 Å². The summed E-state index contributed by atoms with van der Waals surface area (Å²) in [6.45, 7) is 2.15. The minimum absolute atomic E-state index is 0.493. The van der Waals surface area contributed by atoms with E-state index in [1.807, 2.05) is 24.3 Å². The molecular formula is C17H18N2O. The molecule has 1 aromatic carbocycles. The Bertz CT molecular complexity index is 671. The number of aliphatic hydroxyl groups is 1. The number of aliphatic hydroxyl groups excluding tert-OH is 1. The first-order valence-corrected chi connectivity index (χ1v) is 7.08. The van der Waals surface area contributed by atoms with Gasteiger partial charge in [0.15, 0.2) is 0 Å². The van der Waals surface area contributed by atoms with Crippen LogP contribution in [0.4, 0.5) is 0 Å². The molecule has 1 fully saturated rings. The maximum atomic E-state index is 10.8. The SMILES string of the molecule is CC1CCC(C#N)(C(O)c2cncc3ccccc23)C1. The molecule has 102 valence electrons. The second-order valence-corrected chi connectivity index (χ2v) is 5.97. The summed E-state index contributed by atoms with van der Waals surface area (Å²) in [4.78, 5) is 4.22. The Morgan fingerprint density at radius 1 is 1.40 bits per heavy atom. The zero-order chi connectivity index (χ0) is 14.2. The largest absolute Gasteiger partial charge is 0.387 e. The molecule has 0 amide bonds. The number of rotatable bonds is 2. The van der Waals surface area contributed by atoms with Crippen molar-refractivity contribution < 1.29 is 5.11 Å². The van der Waals surface area contributed by atoms with E-state index in [-0.39, 0.29) is 0 Å². The van der Waals surface area contributed by atoms with Crippen molar-refractivity contribution in [3.63, 3.8) is 0 Å². The molecule has 0 aliphatic heterocycles. The maximum Gasteiger partial charge on any atom is 0.0997 e. The van der Waals surface area contributed by atoms with Gasteiger partial charge in [-0.2, -0.15) is 5.26 Å². The number of fused-ring (bicyclic) bond motifs is 1. The number of pyridine rings is 1. The standard InChI is InChI=1S/C17H18N2O/c1-12-6-7-17(8-12,11-18)16(20)15-10-19-9-13-4-2-3-5-14(13)15/h2-5,9-10,12,16,20H,6-8H2,1H3. The Morgan fingerprint density at radius 3 is 2.90 bits per heavy atom. The summed E-state index contributed by atoms with van der Waals surface area (Å²) in [7, 11) is 0. The van der Waals surface area contributed by atoms with E-state index >= 15 is 0 Å². The quantitative estimate of drug-likeness (QED) is 0.903. The molecule has 0 bridgehead atoms. The summed E-state index contributed by atoms with van der Waals surface area (Å²) < 4.78 is 0. The molecule has 3 heteroatoms. The van der Waals surface area contributed by atoms with Gasteiger partial charge in [-0.05, 0) is 30.6 Å². The molecule has 1 aromatic heterocycles. The van der Waals surface area contributed by atoms with Crippen molar-refractivity contribution in [1.29, 1.82) is 5.26 Å². The van der Waals surface area contributed by atoms with E-state index in [9.17, 15) is 10.4 Å². The van der Waals surface area contributed by atoms with Gasteiger partial charge in [0.1, 0.15) is 0 Å². The average Bonchev–Trinajstić information content (AvgIpc) is 2.88. The molecule has 3 nitrogen and oxygen atoms in total. The third-order valence-electron chi connectivity index (χ3n) is 4.54. The van der Waals surface area contributed by atoms with Crippen LogP contribution in [-0.4, -0.2) is 10.1 Å². The first-order chi connectivity index (χ1) is 9.66. The molecular weight excluding hydrogens is 248 g/mol. The van der Waals surface area contributed by atoms with Gasteiger partial charge in [0, 0.05) is 23.3 Å². The van der Waals surface area contributed by atoms with Crippen LogP contribution in [-0.2, 0) is 0 Å². The van der Waals surface area contributed by atoms with Crippen LogP contribution in [0.2, 0.25) is 0 Å². The topological polar surface area (TPSA) is 56.9 Å². The van der Waals surface area contributed by atoms with Crippen LogP contribution < -0.4 is 0 Å². The molecule has 20 heavy (non-hydrogen) atoms. The lowest BCUT2D eigenvalue weighted by Crippen LogP contribution is -2.24. The van der Waals surface area contributed by atoms with Crippen LogP contribution >= 0.6 is 0 Å². The lowest BCUT2D eigenvalue weighted by molar-refractivity contribution is 0.0657. The summed E-state index contributed by atoms with van der Waals surface area (Å²) in [6, 6.07) is 10.3. The van der Waals surface area contributed by atoms with Gasteiger partial charge in [-0.1, -0.05) is 31.2 Å². The van der Waals surface area contributed by atoms with E-state index in [4.69, 9.17) is 0 Å². The zero-order valence-electron chi connectivity index (χ0n) is 11.6. The second kappa shape index (κ2) is 4.88. The Labute approximate surface area is 118 Å². The zero-order valence-corrected chi connectivity index (χ0v) is 11.6. The number of nitrogens with zero attached hydrogens (tertiary/aromatic N) is 2. The maximum absolute atomic E-state index is 10.8. The number of benzene rings is 1. The number of hydrogen-bond donors (Lipinski definition) is 1. The lowest BCUT2D eigenvalue weighted by Gasteiger charge is -2.28. The van der Waals surface area contributed by atoms with Gasteiger partial charge in [-0.15, -0.1) is 0 Å². The summed E-state index contributed by atoms with van der Waals surface area (Å²) in [5.41, 5.74) is 0.115. The van der Waals surface area contributed by atoms with Crippen LogP contribution in [0.5, 0.6) is 0 Å². The van der Waals surface area contributed by atoms with Crippen molar-refractivity contribution in [2.75, 3.05) is 0 Å². The fourth-order valence-electron chi connectivity index (χ4n) is 3.40. The van der Waals surface area contributed by atoms with Crippen LogP contribution in [0.25, 0.3) is 10.8 Å². The third kappa shape index (κ3) is 1.97. The molecule has 1 heterocycles. The summed E-state index contributed by atoms with van der Waals surface area (Å²) in [5.74, 6) is 0.493. The minimum Gasteiger partial charge on any atom is -0.387 e. The normalized spacial score (nSPS) is 27.4. The average molecular weight is 266 g/mol. The first kappa shape index (κ1) is 13.1. The molecule has 3 rings (SSSR count). The highest BCUT2D eigenvalue weighted by atomic mass is 16.3. The molecule has 0 spiro atoms. The molecule has 0 radical (unpaired) electrons. The summed E-state index contributed by atoms with van der Waals surface area (Å²) in [6.07, 6.45) is 5.25. The predicted octanol–water partition coefficient (Wildman–Crippen LogP) is 3.60. The van der Waals surface area contributed by atoms with Crippen molar-refractivity contribution in [2.45, 2.75) is 32.3 Å². The summed E-state index contributed by atoms with van der Waals surface area (Å²) >= 11 is 0. The Hall–Kier alpha value is -1.92. The van der Waals surface area contributed by atoms with E-state index in [0.29, 0.717) is 5.92 Å². The van der Waals surface area contributed by atoms with Crippen LogP contribution in [0.15, 0.2) is 36.7 Å². The summed E-state index contributed by atoms with van der Waals surface area (Å²) in [5, 5.41) is 22.4. The van der Waals surface area contributed by atoms with Crippen molar-refractivity contribution in [2.24, 2.45) is 11.3 Å². The monoisotopic (exact) mass is 266 g/mol. The molecule has 1 aliphatic carbocycles. The van der Waals surface area contributed by atoms with Crippen molar-refractivity contribution in [1.82, 2.24) is 4.98 Å². The minimum atomic E-state index is -0.768. The number of hydrogen-bond acceptors (Lipinski definition) is 3. The van der Waals surface area contributed by atoms with Gasteiger partial charge in [0.25, 0.3) is 0 Å². The first-order valence-electron chi connectivity index (χ1n) is 7.08. The third-order valence-corrected chi connectivity index (χ3v) is 4.54. The molecule has 1 N–H and O–H groups in total. The Balaban J connectivity index is 2.09. The van der Waals surface area contributed by atoms with E-state index in [0.717, 1.165) is 35.6 Å². The van der Waals surface area contributed by atoms with Crippen molar-refractivity contribution >= 4 is 10.8 Å². The van der Waals surface area contributed by atoms with Gasteiger partial charge < -0.3 is 5.11 Å². The van der Waals surface area contributed by atoms with Crippen LogP contribution in [0, 0.1) is 22.7 Å². The van der Waals surface area contributed by atoms with Crippen molar-refractivity contribution in [3.8, 4) is 6.07 Å². The highest BCUT2D eigenvalue weighted by Crippen LogP contribution is 2.50. The molecule has 3 unspecified atom stereocenters. The number of nitriles is 1. The van der Waals surface area contributed by atoms with E-state index < -0.39 is 11.5 Å². The van der Waals surface area contributed by atoms with Gasteiger partial charge in [-0.25, -0.2) is 0 Å². The number of aromatic nitrogens is 1. The van der Waals surface area contributed by atoms with Crippen LogP contribution in [0.1, 0.15) is 37.9 Å². The lowest BCUT2D eigenvalue weighted by atomic mass is 9.77. The van der Waals surface area contributed by atoms with Crippen LogP contribution in [0.3, 0.4) is 0 Å². The van der Waals surface area contributed by atoms with Gasteiger partial charge in [-0.3, -0.25) is 4.98 Å². The Morgan fingerprint density at radius 2 is 2.20 bits per heavy atom. The molecule has 2 aromatic rings. The Kier molecular flexibility index (Phi) is 3.19. The fourth-order valence-corrected chi connectivity index (χ4v) is 3.40. The molecule has 1 aliphatic rings. The smallest absolute Gasteiger partial charge is 0.0997 e. The highest BCUT2D eigenvalue weighted by Gasteiger charge is 2.45. The molecule has 1 saturated carbocycles.